The van der Waals surface area contributed by atoms with Gasteiger partial charge in [0.1, 0.15) is 0 Å². The lowest BCUT2D eigenvalue weighted by Crippen LogP contribution is -2.15. The number of nitrogens with zero attached hydrogens (tertiary/aromatic N) is 1. The maximum absolute atomic E-state index is 4.79. The summed E-state index contributed by atoms with van der Waals surface area (Å²) in [7, 11) is 0. The number of para-hydroxylation sites is 1. The Kier molecular flexibility index (Phi) is 10.7. The van der Waals surface area contributed by atoms with E-state index in [1.807, 2.05) is 0 Å². The molecule has 0 bridgehead atoms. The second-order valence-corrected chi connectivity index (χ2v) is 17.0. The van der Waals surface area contributed by atoms with Gasteiger partial charge in [0.25, 0.3) is 0 Å². The summed E-state index contributed by atoms with van der Waals surface area (Å²) in [5.74, 6) is 0. The summed E-state index contributed by atoms with van der Waals surface area (Å²) in [6.45, 7) is 6.97. The highest BCUT2D eigenvalue weighted by Gasteiger charge is 2.23. The fraction of sp³-hybridized carbons (Fsp3) is 0.0154. The molecule has 0 spiro atoms. The van der Waals surface area contributed by atoms with E-state index in [9.17, 15) is 0 Å². The Bertz CT molecular complexity index is 3410. The molecule has 1 heteroatoms. The Morgan fingerprint density at radius 2 is 0.652 bits per heavy atom. The minimum Gasteiger partial charge on any atom is -0.310 e. The monoisotopic (exact) mass is 841 g/mol. The lowest BCUT2D eigenvalue weighted by atomic mass is 9.83. The average Bonchev–Trinajstić information content (AvgIpc) is 3.39. The third-order valence-corrected chi connectivity index (χ3v) is 12.9. The van der Waals surface area contributed by atoms with Crippen molar-refractivity contribution in [1.82, 2.24) is 0 Å². The summed E-state index contributed by atoms with van der Waals surface area (Å²) in [5.41, 5.74) is 19.4. The van der Waals surface area contributed by atoms with Gasteiger partial charge in [-0.1, -0.05) is 207 Å². The largest absolute Gasteiger partial charge is 0.310 e. The summed E-state index contributed by atoms with van der Waals surface area (Å²) in [6, 6.07) is 92.5. The van der Waals surface area contributed by atoms with E-state index in [4.69, 9.17) is 6.58 Å². The fourth-order valence-electron chi connectivity index (χ4n) is 9.67. The van der Waals surface area contributed by atoms with E-state index >= 15 is 0 Å². The molecule has 11 rings (SSSR count). The average molecular weight is 842 g/mol. The van der Waals surface area contributed by atoms with Gasteiger partial charge in [0.05, 0.1) is 0 Å². The van der Waals surface area contributed by atoms with Gasteiger partial charge in [0.2, 0.25) is 0 Å². The first-order valence-electron chi connectivity index (χ1n) is 22.7. The van der Waals surface area contributed by atoms with E-state index in [1.54, 1.807) is 0 Å². The van der Waals surface area contributed by atoms with E-state index in [2.05, 4.69) is 267 Å². The van der Waals surface area contributed by atoms with Gasteiger partial charge in [-0.05, 0) is 161 Å². The highest BCUT2D eigenvalue weighted by atomic mass is 15.1. The van der Waals surface area contributed by atoms with E-state index in [1.165, 1.54) is 82.9 Å². The van der Waals surface area contributed by atoms with Crippen molar-refractivity contribution in [2.75, 3.05) is 4.90 Å². The Morgan fingerprint density at radius 3 is 1.09 bits per heavy atom. The van der Waals surface area contributed by atoms with Crippen LogP contribution in [0.2, 0.25) is 0 Å². The molecular weight excluding hydrogens is 795 g/mol. The molecule has 0 saturated heterocycles. The second kappa shape index (κ2) is 17.6. The summed E-state index contributed by atoms with van der Waals surface area (Å²) in [4.78, 5) is 2.34. The molecular formula is C65H47N. The van der Waals surface area contributed by atoms with Gasteiger partial charge in [0.15, 0.2) is 0 Å². The van der Waals surface area contributed by atoms with E-state index in [0.717, 1.165) is 33.6 Å². The van der Waals surface area contributed by atoms with Crippen molar-refractivity contribution in [3.8, 4) is 66.8 Å². The summed E-state index contributed by atoms with van der Waals surface area (Å²) >= 11 is 0. The Balaban J connectivity index is 1.26. The van der Waals surface area contributed by atoms with Crippen LogP contribution in [0.25, 0.3) is 94.0 Å². The first-order valence-corrected chi connectivity index (χ1v) is 22.7. The molecule has 0 aliphatic heterocycles. The summed E-state index contributed by atoms with van der Waals surface area (Å²) in [5, 5.41) is 4.74. The van der Waals surface area contributed by atoms with Crippen LogP contribution in [0.3, 0.4) is 0 Å². The molecule has 0 saturated carbocycles. The predicted octanol–water partition coefficient (Wildman–Crippen LogP) is 18.1. The van der Waals surface area contributed by atoms with Crippen LogP contribution < -0.4 is 4.90 Å². The maximum atomic E-state index is 4.79. The summed E-state index contributed by atoms with van der Waals surface area (Å²) in [6.07, 6.45) is 0. The smallest absolute Gasteiger partial charge is 0.0490 e. The van der Waals surface area contributed by atoms with Crippen molar-refractivity contribution in [2.24, 2.45) is 0 Å². The number of hydrogen-bond donors (Lipinski definition) is 0. The molecule has 0 aromatic heterocycles. The molecule has 0 radical (unpaired) electrons. The predicted molar refractivity (Wildman–Crippen MR) is 283 cm³/mol. The Hall–Kier alpha value is -8.52. The first kappa shape index (κ1) is 40.3. The molecule has 0 amide bonds. The Labute approximate surface area is 387 Å². The van der Waals surface area contributed by atoms with Gasteiger partial charge in [-0.25, -0.2) is 0 Å². The number of aryl methyl sites for hydroxylation is 1. The lowest BCUT2D eigenvalue weighted by molar-refractivity contribution is 1.27. The molecule has 66 heavy (non-hydrogen) atoms. The van der Waals surface area contributed by atoms with Crippen molar-refractivity contribution in [3.05, 3.63) is 272 Å². The zero-order valence-corrected chi connectivity index (χ0v) is 36.9. The van der Waals surface area contributed by atoms with E-state index < -0.39 is 0 Å². The third kappa shape index (κ3) is 7.67. The van der Waals surface area contributed by atoms with Crippen molar-refractivity contribution in [1.29, 1.82) is 0 Å². The highest BCUT2D eigenvalue weighted by Crippen LogP contribution is 2.49. The summed E-state index contributed by atoms with van der Waals surface area (Å²) < 4.78 is 0. The van der Waals surface area contributed by atoms with Gasteiger partial charge in [-0.2, -0.15) is 0 Å². The number of anilines is 2. The van der Waals surface area contributed by atoms with Gasteiger partial charge < -0.3 is 4.90 Å². The van der Waals surface area contributed by atoms with Crippen LogP contribution in [0.1, 0.15) is 11.1 Å². The van der Waals surface area contributed by atoms with Crippen LogP contribution in [-0.4, -0.2) is 0 Å². The van der Waals surface area contributed by atoms with E-state index in [-0.39, 0.29) is 0 Å². The minimum absolute atomic E-state index is 0.910. The zero-order valence-electron chi connectivity index (χ0n) is 36.9. The van der Waals surface area contributed by atoms with Gasteiger partial charge in [-0.15, -0.1) is 0 Å². The Morgan fingerprint density at radius 1 is 0.303 bits per heavy atom. The standard InChI is InChI=1S/C65H47N/c1-45-22-18-21-35-63(45)66(46(2)47-23-8-3-9-24-47)58-36-37-61-62(44-58)65(57-42-54(50-29-14-6-15-30-50)39-55(43-57)51-31-16-7-17-32-51)60-34-20-19-33-59(60)64(61)56-40-52(48-25-10-4-11-26-48)38-53(41-56)49-27-12-5-13-28-49/h3-44H,2H2,1H3. The molecule has 0 fully saturated rings. The normalized spacial score (nSPS) is 11.2. The molecule has 11 aromatic rings. The molecule has 0 aliphatic rings. The molecule has 0 heterocycles. The highest BCUT2D eigenvalue weighted by molar-refractivity contribution is 6.22. The molecule has 0 aliphatic carbocycles. The molecule has 312 valence electrons. The van der Waals surface area contributed by atoms with Crippen LogP contribution in [0, 0.1) is 6.92 Å². The van der Waals surface area contributed by atoms with Crippen molar-refractivity contribution < 1.29 is 0 Å². The number of rotatable bonds is 10. The third-order valence-electron chi connectivity index (χ3n) is 12.9. The quantitative estimate of drug-likeness (QED) is 0.124. The molecule has 1 nitrogen and oxygen atoms in total. The number of fused-ring (bicyclic) bond motifs is 2. The molecule has 0 unspecified atom stereocenters. The van der Waals surface area contributed by atoms with E-state index in [0.29, 0.717) is 0 Å². The van der Waals surface area contributed by atoms with Crippen LogP contribution in [-0.2, 0) is 0 Å². The molecule has 0 atom stereocenters. The molecule has 11 aromatic carbocycles. The lowest BCUT2D eigenvalue weighted by Gasteiger charge is -2.30. The first-order chi connectivity index (χ1) is 32.6. The maximum Gasteiger partial charge on any atom is 0.0490 e. The van der Waals surface area contributed by atoms with Crippen LogP contribution in [0.4, 0.5) is 11.4 Å². The fourth-order valence-corrected chi connectivity index (χ4v) is 9.67. The number of benzene rings is 11. The molecule has 0 N–H and O–H groups in total. The van der Waals surface area contributed by atoms with Gasteiger partial charge in [-0.3, -0.25) is 0 Å². The van der Waals surface area contributed by atoms with Crippen LogP contribution in [0.15, 0.2) is 261 Å². The van der Waals surface area contributed by atoms with Crippen LogP contribution >= 0.6 is 0 Å². The minimum atomic E-state index is 0.910. The van der Waals surface area contributed by atoms with Crippen molar-refractivity contribution in [3.63, 3.8) is 0 Å². The van der Waals surface area contributed by atoms with Crippen molar-refractivity contribution >= 4 is 38.6 Å². The topological polar surface area (TPSA) is 3.24 Å². The SMILES string of the molecule is C=C(c1ccccc1)N(c1ccc2c(-c3cc(-c4ccccc4)cc(-c4ccccc4)c3)c3ccccc3c(-c3cc(-c4ccccc4)cc(-c4ccccc4)c3)c2c1)c1ccccc1C. The number of hydrogen-bond acceptors (Lipinski definition) is 1. The second-order valence-electron chi connectivity index (χ2n) is 17.0. The van der Waals surface area contributed by atoms with Gasteiger partial charge in [0, 0.05) is 17.1 Å². The van der Waals surface area contributed by atoms with Gasteiger partial charge >= 0.3 is 0 Å². The van der Waals surface area contributed by atoms with Crippen molar-refractivity contribution in [2.45, 2.75) is 6.92 Å². The zero-order chi connectivity index (χ0) is 44.4. The van der Waals surface area contributed by atoms with Crippen LogP contribution in [0.5, 0.6) is 0 Å².